The van der Waals surface area contributed by atoms with Gasteiger partial charge in [-0.25, -0.2) is 4.21 Å². The maximum Gasteiger partial charge on any atom is 0.325 e. The zero-order valence-corrected chi connectivity index (χ0v) is 11.7. The number of carbonyl (C=O) groups excluding carboxylic acids is 1. The number of nitrogens with zero attached hydrogens (tertiary/aromatic N) is 1. The smallest absolute Gasteiger partial charge is 0.325 e. The Labute approximate surface area is 119 Å². The lowest BCUT2D eigenvalue weighted by molar-refractivity contribution is -0.138. The maximum atomic E-state index is 12.6. The predicted octanol–water partition coefficient (Wildman–Crippen LogP) is 2.48. The number of benzene rings is 2. The summed E-state index contributed by atoms with van der Waals surface area (Å²) in [6.07, 6.45) is 0. The van der Waals surface area contributed by atoms with Crippen molar-refractivity contribution in [1.82, 2.24) is 0 Å². The van der Waals surface area contributed by atoms with Crippen molar-refractivity contribution in [2.24, 2.45) is 0 Å². The van der Waals surface area contributed by atoms with Gasteiger partial charge in [0.1, 0.15) is 6.54 Å². The topological polar surface area (TPSA) is 46.6 Å². The number of hydrogen-bond acceptors (Lipinski definition) is 4. The molecule has 1 heterocycles. The number of methoxy groups -OCH3 is 1. The molecule has 20 heavy (non-hydrogen) atoms. The Morgan fingerprint density at radius 3 is 2.05 bits per heavy atom. The minimum atomic E-state index is -1.22. The van der Waals surface area contributed by atoms with E-state index < -0.39 is 10.8 Å². The molecule has 0 aromatic heterocycles. The first-order chi connectivity index (χ1) is 9.72. The van der Waals surface area contributed by atoms with Gasteiger partial charge >= 0.3 is 5.97 Å². The number of hydrogen-bond donors (Lipinski definition) is 0. The molecule has 1 aliphatic heterocycles. The normalized spacial score (nSPS) is 13.6. The molecule has 0 saturated carbocycles. The molecule has 0 saturated heterocycles. The highest BCUT2D eigenvalue weighted by atomic mass is 32.2. The summed E-state index contributed by atoms with van der Waals surface area (Å²) in [5, 5.41) is 0. The maximum absolute atomic E-state index is 12.6. The van der Waals surface area contributed by atoms with Gasteiger partial charge in [0.25, 0.3) is 0 Å². The van der Waals surface area contributed by atoms with Crippen molar-refractivity contribution >= 4 is 28.1 Å². The van der Waals surface area contributed by atoms with Crippen LogP contribution >= 0.6 is 0 Å². The fourth-order valence-electron chi connectivity index (χ4n) is 2.29. The monoisotopic (exact) mass is 287 g/mol. The largest absolute Gasteiger partial charge is 0.468 e. The number of rotatable bonds is 2. The van der Waals surface area contributed by atoms with E-state index in [9.17, 15) is 9.00 Å². The predicted molar refractivity (Wildman–Crippen MR) is 76.6 cm³/mol. The standard InChI is InChI=1S/C15H13NO3S/c1-19-15(17)10-16-11-6-2-4-8-13(11)20(18)14-9-5-3-7-12(14)16/h2-9H,10H2,1H3. The molecule has 1 aliphatic rings. The van der Waals surface area contributed by atoms with Crippen LogP contribution < -0.4 is 4.90 Å². The Hall–Kier alpha value is -2.14. The number of ether oxygens (including phenoxy) is 1. The van der Waals surface area contributed by atoms with E-state index in [-0.39, 0.29) is 12.5 Å². The number of esters is 1. The van der Waals surface area contributed by atoms with Crippen LogP contribution in [0.3, 0.4) is 0 Å². The molecule has 4 nitrogen and oxygen atoms in total. The van der Waals surface area contributed by atoms with Crippen LogP contribution in [0.2, 0.25) is 0 Å². The third-order valence-electron chi connectivity index (χ3n) is 3.23. The number of anilines is 2. The van der Waals surface area contributed by atoms with Crippen LogP contribution in [0.4, 0.5) is 11.4 Å². The molecule has 0 N–H and O–H groups in total. The third-order valence-corrected chi connectivity index (χ3v) is 4.72. The van der Waals surface area contributed by atoms with E-state index in [1.807, 2.05) is 53.4 Å². The lowest BCUT2D eigenvalue weighted by atomic mass is 10.2. The summed E-state index contributed by atoms with van der Waals surface area (Å²) in [5.41, 5.74) is 1.57. The van der Waals surface area contributed by atoms with Gasteiger partial charge in [0.05, 0.1) is 39.1 Å². The number of fused-ring (bicyclic) bond motifs is 2. The molecule has 0 bridgehead atoms. The van der Waals surface area contributed by atoms with Gasteiger partial charge in [-0.15, -0.1) is 0 Å². The van der Waals surface area contributed by atoms with Gasteiger partial charge in [-0.05, 0) is 24.3 Å². The highest BCUT2D eigenvalue weighted by Crippen LogP contribution is 2.41. The highest BCUT2D eigenvalue weighted by Gasteiger charge is 2.28. The van der Waals surface area contributed by atoms with Gasteiger partial charge in [0.2, 0.25) is 0 Å². The molecule has 2 aromatic rings. The second-order valence-corrected chi connectivity index (χ2v) is 5.78. The van der Waals surface area contributed by atoms with Crippen molar-refractivity contribution < 1.29 is 13.7 Å². The fourth-order valence-corrected chi connectivity index (χ4v) is 3.66. The molecular weight excluding hydrogens is 274 g/mol. The molecule has 0 unspecified atom stereocenters. The summed E-state index contributed by atoms with van der Waals surface area (Å²) in [6, 6.07) is 14.8. The Morgan fingerprint density at radius 2 is 1.55 bits per heavy atom. The van der Waals surface area contributed by atoms with Crippen molar-refractivity contribution in [2.45, 2.75) is 9.79 Å². The molecule has 3 rings (SSSR count). The van der Waals surface area contributed by atoms with Crippen LogP contribution in [0, 0.1) is 0 Å². The van der Waals surface area contributed by atoms with Crippen LogP contribution in [-0.2, 0) is 20.3 Å². The summed E-state index contributed by atoms with van der Waals surface area (Å²) in [5.74, 6) is -0.331. The lowest BCUT2D eigenvalue weighted by Crippen LogP contribution is -2.30. The van der Waals surface area contributed by atoms with Crippen LogP contribution in [0.5, 0.6) is 0 Å². The Morgan fingerprint density at radius 1 is 1.05 bits per heavy atom. The van der Waals surface area contributed by atoms with Crippen molar-refractivity contribution in [2.75, 3.05) is 18.6 Å². The number of carbonyl (C=O) groups is 1. The zero-order valence-electron chi connectivity index (χ0n) is 10.9. The molecule has 102 valence electrons. The summed E-state index contributed by atoms with van der Waals surface area (Å²) < 4.78 is 17.3. The molecule has 0 radical (unpaired) electrons. The molecule has 0 aliphatic carbocycles. The van der Waals surface area contributed by atoms with Gasteiger partial charge in [0, 0.05) is 0 Å². The molecule has 5 heteroatoms. The van der Waals surface area contributed by atoms with Gasteiger partial charge in [-0.3, -0.25) is 4.79 Å². The van der Waals surface area contributed by atoms with Crippen molar-refractivity contribution in [3.05, 3.63) is 48.5 Å². The fraction of sp³-hybridized carbons (Fsp3) is 0.133. The molecule has 0 spiro atoms. The van der Waals surface area contributed by atoms with E-state index in [1.54, 1.807) is 0 Å². The highest BCUT2D eigenvalue weighted by molar-refractivity contribution is 7.85. The van der Waals surface area contributed by atoms with E-state index in [1.165, 1.54) is 7.11 Å². The van der Waals surface area contributed by atoms with Gasteiger partial charge in [-0.2, -0.15) is 0 Å². The Bertz CT molecular complexity index is 650. The van der Waals surface area contributed by atoms with Gasteiger partial charge < -0.3 is 9.64 Å². The molecular formula is C15H13NO3S. The molecule has 0 atom stereocenters. The SMILES string of the molecule is COC(=O)CN1c2ccccc2S(=O)c2ccccc21. The van der Waals surface area contributed by atoms with Gasteiger partial charge in [-0.1, -0.05) is 24.3 Å². The quantitative estimate of drug-likeness (QED) is 0.796. The van der Waals surface area contributed by atoms with E-state index in [0.29, 0.717) is 0 Å². The Kier molecular flexibility index (Phi) is 3.28. The van der Waals surface area contributed by atoms with Crippen molar-refractivity contribution in [3.8, 4) is 0 Å². The van der Waals surface area contributed by atoms with Crippen LogP contribution in [-0.4, -0.2) is 23.8 Å². The summed E-state index contributed by atoms with van der Waals surface area (Å²) in [6.45, 7) is 0.0989. The van der Waals surface area contributed by atoms with E-state index >= 15 is 0 Å². The minimum absolute atomic E-state index is 0.0989. The average molecular weight is 287 g/mol. The number of para-hydroxylation sites is 2. The average Bonchev–Trinajstić information content (AvgIpc) is 2.51. The van der Waals surface area contributed by atoms with Crippen LogP contribution in [0.15, 0.2) is 58.3 Å². The van der Waals surface area contributed by atoms with Crippen molar-refractivity contribution in [1.29, 1.82) is 0 Å². The minimum Gasteiger partial charge on any atom is -0.468 e. The van der Waals surface area contributed by atoms with Crippen LogP contribution in [0.1, 0.15) is 0 Å². The summed E-state index contributed by atoms with van der Waals surface area (Å²) >= 11 is 0. The van der Waals surface area contributed by atoms with E-state index in [4.69, 9.17) is 4.74 Å². The Balaban J connectivity index is 2.17. The first kappa shape index (κ1) is 12.9. The second kappa shape index (κ2) is 5.09. The molecule has 0 fully saturated rings. The molecule has 2 aromatic carbocycles. The van der Waals surface area contributed by atoms with E-state index in [2.05, 4.69) is 0 Å². The van der Waals surface area contributed by atoms with Gasteiger partial charge in [0.15, 0.2) is 0 Å². The van der Waals surface area contributed by atoms with Crippen molar-refractivity contribution in [3.63, 3.8) is 0 Å². The van der Waals surface area contributed by atoms with E-state index in [0.717, 1.165) is 21.2 Å². The summed E-state index contributed by atoms with van der Waals surface area (Å²) in [4.78, 5) is 14.9. The second-order valence-electron chi connectivity index (χ2n) is 4.37. The zero-order chi connectivity index (χ0) is 14.1. The van der Waals surface area contributed by atoms with Crippen LogP contribution in [0.25, 0.3) is 0 Å². The first-order valence-electron chi connectivity index (χ1n) is 6.16. The molecule has 0 amide bonds. The lowest BCUT2D eigenvalue weighted by Gasteiger charge is -2.31. The third kappa shape index (κ3) is 2.00. The summed E-state index contributed by atoms with van der Waals surface area (Å²) in [7, 11) is 0.142. The first-order valence-corrected chi connectivity index (χ1v) is 7.31.